The molecule has 0 bridgehead atoms. The molecule has 0 aromatic heterocycles. The molecule has 2 atom stereocenters. The van der Waals surface area contributed by atoms with Crippen LogP contribution in [0, 0.1) is 11.8 Å². The van der Waals surface area contributed by atoms with Gasteiger partial charge in [-0.05, 0) is 56.4 Å². The van der Waals surface area contributed by atoms with Gasteiger partial charge in [-0.3, -0.25) is 14.5 Å². The van der Waals surface area contributed by atoms with Gasteiger partial charge in [0, 0.05) is 24.8 Å². The van der Waals surface area contributed by atoms with Crippen molar-refractivity contribution in [2.24, 2.45) is 17.6 Å². The number of sulfonamides is 1. The minimum Gasteiger partial charge on any atom is -0.369 e. The number of hydrogen-bond acceptors (Lipinski definition) is 5. The summed E-state index contributed by atoms with van der Waals surface area (Å²) in [5.41, 5.74) is 5.72. The van der Waals surface area contributed by atoms with E-state index < -0.39 is 15.9 Å². The number of nitrogens with zero attached hydrogens (tertiary/aromatic N) is 2. The molecule has 1 aromatic rings. The maximum Gasteiger partial charge on any atom is 0.243 e. The largest absolute Gasteiger partial charge is 0.369 e. The van der Waals surface area contributed by atoms with E-state index in [-0.39, 0.29) is 29.9 Å². The molecule has 2 amide bonds. The zero-order valence-electron chi connectivity index (χ0n) is 17.6. The Morgan fingerprint density at radius 2 is 1.69 bits per heavy atom. The Morgan fingerprint density at radius 3 is 2.17 bits per heavy atom. The van der Waals surface area contributed by atoms with Crippen LogP contribution in [0.4, 0.5) is 5.69 Å². The summed E-state index contributed by atoms with van der Waals surface area (Å²) in [6.45, 7) is 8.94. The van der Waals surface area contributed by atoms with Gasteiger partial charge >= 0.3 is 0 Å². The van der Waals surface area contributed by atoms with E-state index in [2.05, 4.69) is 19.2 Å². The van der Waals surface area contributed by atoms with Gasteiger partial charge in [-0.25, -0.2) is 8.42 Å². The molecule has 29 heavy (non-hydrogen) atoms. The topological polar surface area (TPSA) is 113 Å². The van der Waals surface area contributed by atoms with E-state index in [1.165, 1.54) is 12.1 Å². The average molecular weight is 425 g/mol. The van der Waals surface area contributed by atoms with Crippen molar-refractivity contribution in [3.8, 4) is 0 Å². The van der Waals surface area contributed by atoms with Gasteiger partial charge in [0.05, 0.1) is 18.0 Å². The zero-order chi connectivity index (χ0) is 21.8. The van der Waals surface area contributed by atoms with E-state index in [0.29, 0.717) is 30.6 Å². The van der Waals surface area contributed by atoms with Crippen LogP contribution < -0.4 is 11.1 Å². The molecule has 1 aromatic carbocycles. The Kier molecular flexibility index (Phi) is 7.79. The number of benzene rings is 1. The summed E-state index contributed by atoms with van der Waals surface area (Å²) < 4.78 is 27.4. The van der Waals surface area contributed by atoms with Crippen LogP contribution in [-0.2, 0) is 19.6 Å². The van der Waals surface area contributed by atoms with E-state index in [1.54, 1.807) is 21.3 Å². The first kappa shape index (κ1) is 23.3. The SMILES string of the molecule is CC(C)N(CC(N)=O)CC(=O)Nc1ccc(S(=O)(=O)N2C[C@H](C)C[C@@H](C)C2)cc1. The lowest BCUT2D eigenvalue weighted by molar-refractivity contribution is -0.121. The van der Waals surface area contributed by atoms with E-state index in [4.69, 9.17) is 5.73 Å². The van der Waals surface area contributed by atoms with Gasteiger partial charge in [0.15, 0.2) is 0 Å². The molecule has 162 valence electrons. The Labute approximate surface area is 173 Å². The van der Waals surface area contributed by atoms with Gasteiger partial charge in [-0.15, -0.1) is 0 Å². The maximum atomic E-state index is 12.9. The minimum atomic E-state index is -3.56. The first-order valence-electron chi connectivity index (χ1n) is 9.91. The predicted octanol–water partition coefficient (Wildman–Crippen LogP) is 1.49. The van der Waals surface area contributed by atoms with Crippen LogP contribution >= 0.6 is 0 Å². The van der Waals surface area contributed by atoms with Gasteiger partial charge in [-0.2, -0.15) is 4.31 Å². The summed E-state index contributed by atoms with van der Waals surface area (Å²) >= 11 is 0. The van der Waals surface area contributed by atoms with Crippen molar-refractivity contribution in [2.75, 3.05) is 31.5 Å². The van der Waals surface area contributed by atoms with Crippen molar-refractivity contribution in [3.05, 3.63) is 24.3 Å². The zero-order valence-corrected chi connectivity index (χ0v) is 18.4. The molecule has 3 N–H and O–H groups in total. The number of anilines is 1. The lowest BCUT2D eigenvalue weighted by atomic mass is 9.94. The molecular weight excluding hydrogens is 392 g/mol. The molecule has 1 heterocycles. The minimum absolute atomic E-state index is 0.00501. The summed E-state index contributed by atoms with van der Waals surface area (Å²) in [7, 11) is -3.56. The molecule has 8 nitrogen and oxygen atoms in total. The van der Waals surface area contributed by atoms with E-state index in [0.717, 1.165) is 6.42 Å². The van der Waals surface area contributed by atoms with Crippen LogP contribution in [0.3, 0.4) is 0 Å². The summed E-state index contributed by atoms with van der Waals surface area (Å²) in [6, 6.07) is 6.16. The number of nitrogens with one attached hydrogen (secondary N) is 1. The van der Waals surface area contributed by atoms with Crippen molar-refractivity contribution >= 4 is 27.5 Å². The van der Waals surface area contributed by atoms with Crippen molar-refractivity contribution in [3.63, 3.8) is 0 Å². The molecular formula is C20H32N4O4S. The fraction of sp³-hybridized carbons (Fsp3) is 0.600. The van der Waals surface area contributed by atoms with Crippen LogP contribution in [0.5, 0.6) is 0 Å². The Hall–Kier alpha value is -1.97. The maximum absolute atomic E-state index is 12.9. The number of primary amides is 1. The number of carbonyl (C=O) groups is 2. The first-order valence-corrected chi connectivity index (χ1v) is 11.4. The van der Waals surface area contributed by atoms with Crippen molar-refractivity contribution in [1.29, 1.82) is 0 Å². The van der Waals surface area contributed by atoms with Crippen LogP contribution in [0.25, 0.3) is 0 Å². The van der Waals surface area contributed by atoms with Gasteiger partial charge in [-0.1, -0.05) is 13.8 Å². The molecule has 0 spiro atoms. The van der Waals surface area contributed by atoms with E-state index >= 15 is 0 Å². The molecule has 9 heteroatoms. The summed E-state index contributed by atoms with van der Waals surface area (Å²) in [4.78, 5) is 25.3. The summed E-state index contributed by atoms with van der Waals surface area (Å²) in [5, 5.41) is 2.73. The molecule has 0 saturated carbocycles. The Morgan fingerprint density at radius 1 is 1.14 bits per heavy atom. The fourth-order valence-corrected chi connectivity index (χ4v) is 5.35. The van der Waals surface area contributed by atoms with Gasteiger partial charge in [0.1, 0.15) is 0 Å². The van der Waals surface area contributed by atoms with Gasteiger partial charge < -0.3 is 11.1 Å². The van der Waals surface area contributed by atoms with Crippen molar-refractivity contribution < 1.29 is 18.0 Å². The normalized spacial score (nSPS) is 20.8. The monoisotopic (exact) mass is 424 g/mol. The predicted molar refractivity (Wildman–Crippen MR) is 113 cm³/mol. The highest BCUT2D eigenvalue weighted by Gasteiger charge is 2.31. The second-order valence-electron chi connectivity index (χ2n) is 8.31. The van der Waals surface area contributed by atoms with Crippen LogP contribution in [0.2, 0.25) is 0 Å². The number of hydrogen-bond donors (Lipinski definition) is 2. The van der Waals surface area contributed by atoms with Gasteiger partial charge in [0.25, 0.3) is 0 Å². The van der Waals surface area contributed by atoms with Crippen molar-refractivity contribution in [1.82, 2.24) is 9.21 Å². The second-order valence-corrected chi connectivity index (χ2v) is 10.2. The molecule has 1 aliphatic heterocycles. The highest BCUT2D eigenvalue weighted by molar-refractivity contribution is 7.89. The smallest absolute Gasteiger partial charge is 0.243 e. The lowest BCUT2D eigenvalue weighted by Gasteiger charge is -2.34. The first-order chi connectivity index (χ1) is 13.5. The van der Waals surface area contributed by atoms with E-state index in [9.17, 15) is 18.0 Å². The lowest BCUT2D eigenvalue weighted by Crippen LogP contribution is -2.43. The third kappa shape index (κ3) is 6.52. The van der Waals surface area contributed by atoms with Crippen molar-refractivity contribution in [2.45, 2.75) is 45.1 Å². The summed E-state index contributed by atoms with van der Waals surface area (Å²) in [6.07, 6.45) is 1.03. The highest BCUT2D eigenvalue weighted by Crippen LogP contribution is 2.27. The Balaban J connectivity index is 2.04. The number of rotatable bonds is 8. The molecule has 0 radical (unpaired) electrons. The number of nitrogens with two attached hydrogens (primary N) is 1. The summed E-state index contributed by atoms with van der Waals surface area (Å²) in [5.74, 6) is -0.135. The number of carbonyl (C=O) groups excluding carboxylic acids is 2. The molecule has 0 unspecified atom stereocenters. The standard InChI is InChI=1S/C20H32N4O4S/c1-14(2)23(12-19(21)25)13-20(26)22-17-5-7-18(8-6-17)29(27,28)24-10-15(3)9-16(4)11-24/h5-8,14-16H,9-13H2,1-4H3,(H2,21,25)(H,22,26)/t15-,16-/m1/s1. The third-order valence-electron chi connectivity index (χ3n) is 5.05. The van der Waals surface area contributed by atoms with Gasteiger partial charge in [0.2, 0.25) is 21.8 Å². The molecule has 0 aliphatic carbocycles. The van der Waals surface area contributed by atoms with Crippen LogP contribution in [0.15, 0.2) is 29.2 Å². The number of amides is 2. The van der Waals surface area contributed by atoms with E-state index in [1.807, 2.05) is 13.8 Å². The highest BCUT2D eigenvalue weighted by atomic mass is 32.2. The molecule has 2 rings (SSSR count). The fourth-order valence-electron chi connectivity index (χ4n) is 3.67. The van der Waals surface area contributed by atoms with Crippen LogP contribution in [0.1, 0.15) is 34.1 Å². The molecule has 1 aliphatic rings. The number of piperidine rings is 1. The molecule has 1 fully saturated rings. The second kappa shape index (κ2) is 9.69. The third-order valence-corrected chi connectivity index (χ3v) is 6.89. The molecule has 1 saturated heterocycles. The Bertz CT molecular complexity index is 813. The average Bonchev–Trinajstić information content (AvgIpc) is 2.60. The van der Waals surface area contributed by atoms with Crippen LogP contribution in [-0.4, -0.2) is 61.7 Å². The quantitative estimate of drug-likeness (QED) is 0.656.